The summed E-state index contributed by atoms with van der Waals surface area (Å²) in [6, 6.07) is 13.8. The number of amides is 2. The molecule has 2 atom stereocenters. The molecule has 6 rings (SSSR count). The van der Waals surface area contributed by atoms with E-state index in [1.165, 1.54) is 50.4 Å². The number of hydrogen-bond donors (Lipinski definition) is 3. The van der Waals surface area contributed by atoms with Gasteiger partial charge in [-0.15, -0.1) is 0 Å². The Morgan fingerprint density at radius 1 is 0.635 bits per heavy atom. The van der Waals surface area contributed by atoms with Crippen molar-refractivity contribution in [2.75, 3.05) is 23.0 Å². The van der Waals surface area contributed by atoms with Crippen molar-refractivity contribution in [2.45, 2.75) is 59.8 Å². The van der Waals surface area contributed by atoms with Crippen molar-refractivity contribution in [3.05, 3.63) is 148 Å². The van der Waals surface area contributed by atoms with Gasteiger partial charge in [0.15, 0.2) is 23.1 Å². The van der Waals surface area contributed by atoms with Gasteiger partial charge in [-0.2, -0.15) is 0 Å². The lowest BCUT2D eigenvalue weighted by atomic mass is 9.91. The fraction of sp³-hybridized carbons (Fsp3) is 0.295. The average Bonchev–Trinajstić information content (AvgIpc) is 3.65. The lowest BCUT2D eigenvalue weighted by molar-refractivity contribution is -0.141. The Labute approximate surface area is 380 Å². The van der Waals surface area contributed by atoms with Crippen LogP contribution in [0.4, 0.5) is 11.4 Å². The molecular weight excluding hydrogens is 902 g/mol. The van der Waals surface area contributed by atoms with Gasteiger partial charge in [-0.3, -0.25) is 43.4 Å². The van der Waals surface area contributed by atoms with Crippen LogP contribution in [0.1, 0.15) is 57.8 Å². The molecular formula is C44H42Cl4N4O11. The predicted molar refractivity (Wildman–Crippen MR) is 238 cm³/mol. The van der Waals surface area contributed by atoms with Crippen LogP contribution < -0.4 is 20.9 Å². The van der Waals surface area contributed by atoms with E-state index >= 15 is 0 Å². The zero-order valence-electron chi connectivity index (χ0n) is 34.5. The molecule has 0 spiro atoms. The molecule has 332 valence electrons. The number of aromatic nitrogens is 2. The number of nitrogens with zero attached hydrogens (tertiary/aromatic N) is 4. The fourth-order valence-corrected chi connectivity index (χ4v) is 7.64. The molecule has 0 aliphatic carbocycles. The van der Waals surface area contributed by atoms with Crippen molar-refractivity contribution in [3.63, 3.8) is 0 Å². The maximum atomic E-state index is 13.1. The molecule has 4 heterocycles. The second kappa shape index (κ2) is 20.2. The summed E-state index contributed by atoms with van der Waals surface area (Å²) in [6.07, 6.45) is 2.73. The topological polar surface area (TPSA) is 206 Å². The number of benzene rings is 2. The van der Waals surface area contributed by atoms with Crippen LogP contribution in [0, 0.1) is 11.8 Å². The van der Waals surface area contributed by atoms with Crippen molar-refractivity contribution < 1.29 is 44.0 Å². The first-order valence-corrected chi connectivity index (χ1v) is 20.9. The third-order valence-electron chi connectivity index (χ3n) is 9.96. The highest BCUT2D eigenvalue weighted by Crippen LogP contribution is 2.44. The molecule has 2 aliphatic heterocycles. The minimum absolute atomic E-state index is 0.00317. The number of aliphatic hydroxyl groups excluding tert-OH is 3. The monoisotopic (exact) mass is 942 g/mol. The van der Waals surface area contributed by atoms with Crippen LogP contribution in [0.15, 0.2) is 105 Å². The molecule has 4 aromatic rings. The number of ether oxygens (including phenoxy) is 1. The van der Waals surface area contributed by atoms with Gasteiger partial charge in [0.2, 0.25) is 0 Å². The molecule has 63 heavy (non-hydrogen) atoms. The largest absolute Gasteiger partial charge is 0.503 e. The molecule has 0 fully saturated rings. The molecule has 2 aromatic carbocycles. The second-order valence-corrected chi connectivity index (χ2v) is 16.7. The maximum Gasteiger partial charge on any atom is 0.302 e. The van der Waals surface area contributed by atoms with Crippen molar-refractivity contribution in [1.29, 1.82) is 0 Å². The minimum Gasteiger partial charge on any atom is -0.503 e. The van der Waals surface area contributed by atoms with Gasteiger partial charge in [-0.1, -0.05) is 98.4 Å². The first-order valence-electron chi connectivity index (χ1n) is 19.4. The fourth-order valence-electron chi connectivity index (χ4n) is 6.95. The van der Waals surface area contributed by atoms with Crippen LogP contribution in [-0.2, 0) is 41.8 Å². The SMILES string of the molecule is CC(=O)OCCn1cc(N2C(=O)C(O)=C(C(=O)C(C)C)C2c2ccc(Cl)cc2)cc(Cl)c1=O.CC(C)C(=O)C1=C(O)C(=O)N(c2cc(Cl)c(=O)n(CCO)c2)C1c1ccc(Cl)cc1. The first kappa shape index (κ1) is 48.3. The summed E-state index contributed by atoms with van der Waals surface area (Å²) in [5, 5.41) is 31.1. The quantitative estimate of drug-likeness (QED) is 0.115. The Morgan fingerprint density at radius 3 is 1.33 bits per heavy atom. The molecule has 15 nitrogen and oxygen atoms in total. The zero-order valence-corrected chi connectivity index (χ0v) is 37.5. The van der Waals surface area contributed by atoms with Gasteiger partial charge in [0.25, 0.3) is 22.9 Å². The van der Waals surface area contributed by atoms with E-state index in [0.717, 1.165) is 0 Å². The van der Waals surface area contributed by atoms with Crippen molar-refractivity contribution in [2.24, 2.45) is 11.8 Å². The van der Waals surface area contributed by atoms with E-state index in [1.54, 1.807) is 76.2 Å². The van der Waals surface area contributed by atoms with E-state index in [2.05, 4.69) is 0 Å². The number of Topliss-reactive ketones (excluding diaryl/α,β-unsaturated/α-hetero) is 2. The van der Waals surface area contributed by atoms with Crippen molar-refractivity contribution in [1.82, 2.24) is 9.13 Å². The lowest BCUT2D eigenvalue weighted by Gasteiger charge is -2.28. The Morgan fingerprint density at radius 2 is 1.00 bits per heavy atom. The Bertz CT molecular complexity index is 2650. The van der Waals surface area contributed by atoms with Crippen LogP contribution in [0.5, 0.6) is 0 Å². The predicted octanol–water partition coefficient (Wildman–Crippen LogP) is 7.12. The second-order valence-electron chi connectivity index (χ2n) is 15.0. The van der Waals surface area contributed by atoms with E-state index in [4.69, 9.17) is 51.1 Å². The van der Waals surface area contributed by atoms with E-state index < -0.39 is 70.1 Å². The Hall–Kier alpha value is -5.71. The number of pyridine rings is 2. The van der Waals surface area contributed by atoms with E-state index in [0.29, 0.717) is 21.2 Å². The van der Waals surface area contributed by atoms with Gasteiger partial charge in [0.1, 0.15) is 16.7 Å². The van der Waals surface area contributed by atoms with Crippen molar-refractivity contribution >= 4 is 87.1 Å². The van der Waals surface area contributed by atoms with Crippen LogP contribution in [0.25, 0.3) is 0 Å². The van der Waals surface area contributed by atoms with E-state index in [9.17, 15) is 48.9 Å². The molecule has 0 radical (unpaired) electrons. The number of hydrogen-bond acceptors (Lipinski definition) is 11. The Balaban J connectivity index is 0.000000239. The molecule has 2 amide bonds. The standard InChI is InChI=1S/C23H22Cl2N2O6.C21H20Cl2N2O5/c1-12(2)20(29)18-19(14-4-6-15(24)7-5-14)27(23(32)21(18)30)16-10-17(25)22(31)26(11-16)8-9-33-13(3)28;1-11(2)18(27)16-17(12-3-5-13(22)6-4-12)25(21(30)19(16)28)14-9-15(23)20(29)24(10-14)7-8-26/h4-7,10-12,19,30H,8-9H2,1-3H3;3-6,9-11,17,26,28H,7-8H2,1-2H3. The molecule has 19 heteroatoms. The number of carbonyl (C=O) groups excluding carboxylic acids is 5. The number of carbonyl (C=O) groups is 5. The summed E-state index contributed by atoms with van der Waals surface area (Å²) in [4.78, 5) is 90.2. The highest BCUT2D eigenvalue weighted by Gasteiger charge is 2.46. The number of anilines is 2. The number of halogens is 4. The van der Waals surface area contributed by atoms with Gasteiger partial charge >= 0.3 is 5.97 Å². The van der Waals surface area contributed by atoms with Crippen LogP contribution in [0.3, 0.4) is 0 Å². The van der Waals surface area contributed by atoms with Gasteiger partial charge in [0, 0.05) is 47.7 Å². The maximum absolute atomic E-state index is 13.1. The van der Waals surface area contributed by atoms with Gasteiger partial charge in [0.05, 0.1) is 47.8 Å². The molecule has 0 bridgehead atoms. The zero-order chi connectivity index (χ0) is 46.6. The minimum atomic E-state index is -0.958. The summed E-state index contributed by atoms with van der Waals surface area (Å²) in [5.41, 5.74) is 0.324. The molecule has 0 saturated carbocycles. The van der Waals surface area contributed by atoms with Crippen LogP contribution in [0.2, 0.25) is 20.1 Å². The van der Waals surface area contributed by atoms with Crippen LogP contribution in [-0.4, -0.2) is 67.0 Å². The third kappa shape index (κ3) is 10.2. The third-order valence-corrected chi connectivity index (χ3v) is 11.0. The summed E-state index contributed by atoms with van der Waals surface area (Å²) < 4.78 is 7.26. The summed E-state index contributed by atoms with van der Waals surface area (Å²) >= 11 is 24.2. The van der Waals surface area contributed by atoms with Crippen LogP contribution >= 0.6 is 46.4 Å². The van der Waals surface area contributed by atoms with Crippen molar-refractivity contribution in [3.8, 4) is 0 Å². The normalized spacial score (nSPS) is 16.3. The molecule has 2 aliphatic rings. The number of aliphatic hydroxyl groups is 3. The van der Waals surface area contributed by atoms with Gasteiger partial charge < -0.3 is 29.2 Å². The van der Waals surface area contributed by atoms with Gasteiger partial charge in [-0.05, 0) is 47.5 Å². The average molecular weight is 945 g/mol. The smallest absolute Gasteiger partial charge is 0.302 e. The highest BCUT2D eigenvalue weighted by molar-refractivity contribution is 6.32. The first-order chi connectivity index (χ1) is 29.7. The van der Waals surface area contributed by atoms with E-state index in [1.807, 2.05) is 0 Å². The Kier molecular flexibility index (Phi) is 15.5. The molecule has 2 aromatic heterocycles. The molecule has 3 N–H and O–H groups in total. The number of ketones is 2. The summed E-state index contributed by atoms with van der Waals surface area (Å²) in [5.74, 6) is -5.12. The molecule has 2 unspecified atom stereocenters. The molecule has 0 saturated heterocycles. The highest BCUT2D eigenvalue weighted by atomic mass is 35.5. The number of rotatable bonds is 13. The van der Waals surface area contributed by atoms with E-state index in [-0.39, 0.29) is 64.7 Å². The lowest BCUT2D eigenvalue weighted by Crippen LogP contribution is -2.33. The summed E-state index contributed by atoms with van der Waals surface area (Å²) in [7, 11) is 0. The summed E-state index contributed by atoms with van der Waals surface area (Å²) in [6.45, 7) is 7.50. The van der Waals surface area contributed by atoms with Gasteiger partial charge in [-0.25, -0.2) is 0 Å². The number of esters is 1.